The van der Waals surface area contributed by atoms with E-state index in [4.69, 9.17) is 14.2 Å². The van der Waals surface area contributed by atoms with Crippen LogP contribution >= 0.6 is 0 Å². The summed E-state index contributed by atoms with van der Waals surface area (Å²) < 4.78 is 15.9. The minimum absolute atomic E-state index is 0.145. The third-order valence-corrected chi connectivity index (χ3v) is 4.24. The van der Waals surface area contributed by atoms with Crippen molar-refractivity contribution in [2.45, 2.75) is 13.5 Å². The molecule has 0 fully saturated rings. The molecule has 1 aliphatic rings. The molecule has 0 aromatic heterocycles. The van der Waals surface area contributed by atoms with E-state index in [1.807, 2.05) is 25.1 Å². The SMILES string of the molecule is CCNC(=NCc1ccc2c(c1)OCO2)NCCNC(=O)c1cccc(OC)c1. The Kier molecular flexibility index (Phi) is 7.16. The molecule has 8 nitrogen and oxygen atoms in total. The maximum Gasteiger partial charge on any atom is 0.251 e. The first-order chi connectivity index (χ1) is 14.2. The molecule has 0 spiro atoms. The van der Waals surface area contributed by atoms with Gasteiger partial charge in [0.05, 0.1) is 13.7 Å². The minimum atomic E-state index is -0.145. The number of hydrogen-bond donors (Lipinski definition) is 3. The van der Waals surface area contributed by atoms with Crippen LogP contribution in [-0.2, 0) is 6.54 Å². The number of ether oxygens (including phenoxy) is 3. The molecule has 1 aliphatic heterocycles. The fourth-order valence-electron chi connectivity index (χ4n) is 2.77. The molecule has 0 bridgehead atoms. The maximum absolute atomic E-state index is 12.2. The Bertz CT molecular complexity index is 870. The summed E-state index contributed by atoms with van der Waals surface area (Å²) in [5.74, 6) is 2.69. The Morgan fingerprint density at radius 2 is 1.90 bits per heavy atom. The van der Waals surface area contributed by atoms with Gasteiger partial charge in [-0.3, -0.25) is 4.79 Å². The highest BCUT2D eigenvalue weighted by Crippen LogP contribution is 2.32. The zero-order valence-electron chi connectivity index (χ0n) is 16.7. The molecule has 3 rings (SSSR count). The Balaban J connectivity index is 1.47. The van der Waals surface area contributed by atoms with Gasteiger partial charge in [0.25, 0.3) is 5.91 Å². The maximum atomic E-state index is 12.2. The molecule has 2 aromatic rings. The van der Waals surface area contributed by atoms with Crippen LogP contribution in [0.4, 0.5) is 0 Å². The fraction of sp³-hybridized carbons (Fsp3) is 0.333. The zero-order valence-corrected chi connectivity index (χ0v) is 16.7. The van der Waals surface area contributed by atoms with Crippen molar-refractivity contribution >= 4 is 11.9 Å². The summed E-state index contributed by atoms with van der Waals surface area (Å²) in [5.41, 5.74) is 1.59. The van der Waals surface area contributed by atoms with Crippen molar-refractivity contribution in [3.05, 3.63) is 53.6 Å². The lowest BCUT2D eigenvalue weighted by Crippen LogP contribution is -2.41. The van der Waals surface area contributed by atoms with E-state index in [0.717, 1.165) is 23.6 Å². The first-order valence-electron chi connectivity index (χ1n) is 9.52. The summed E-state index contributed by atoms with van der Waals surface area (Å²) in [6.45, 7) is 4.51. The molecular weight excluding hydrogens is 372 g/mol. The standard InChI is InChI=1S/C21H26N4O4/c1-3-22-21(25-13-15-7-8-18-19(11-15)29-14-28-18)24-10-9-23-20(26)16-5-4-6-17(12-16)27-2/h4-8,11-12H,3,9-10,13-14H2,1-2H3,(H,23,26)(H2,22,24,25). The van der Waals surface area contributed by atoms with Gasteiger partial charge in [-0.2, -0.15) is 0 Å². The smallest absolute Gasteiger partial charge is 0.251 e. The highest BCUT2D eigenvalue weighted by atomic mass is 16.7. The predicted molar refractivity (Wildman–Crippen MR) is 111 cm³/mol. The molecule has 8 heteroatoms. The largest absolute Gasteiger partial charge is 0.497 e. The van der Waals surface area contributed by atoms with Crippen molar-refractivity contribution in [3.8, 4) is 17.2 Å². The first kappa shape index (κ1) is 20.3. The third-order valence-electron chi connectivity index (χ3n) is 4.24. The van der Waals surface area contributed by atoms with Crippen LogP contribution in [0, 0.1) is 0 Å². The van der Waals surface area contributed by atoms with E-state index in [1.165, 1.54) is 0 Å². The number of aliphatic imine (C=N–C) groups is 1. The molecule has 3 N–H and O–H groups in total. The summed E-state index contributed by atoms with van der Waals surface area (Å²) >= 11 is 0. The second-order valence-electron chi connectivity index (χ2n) is 6.30. The van der Waals surface area contributed by atoms with Crippen LogP contribution in [0.2, 0.25) is 0 Å². The highest BCUT2D eigenvalue weighted by Gasteiger charge is 2.13. The lowest BCUT2D eigenvalue weighted by atomic mass is 10.2. The van der Waals surface area contributed by atoms with Gasteiger partial charge >= 0.3 is 0 Å². The third kappa shape index (κ3) is 5.78. The summed E-state index contributed by atoms with van der Waals surface area (Å²) in [6.07, 6.45) is 0. The van der Waals surface area contributed by atoms with Gasteiger partial charge in [-0.15, -0.1) is 0 Å². The first-order valence-corrected chi connectivity index (χ1v) is 9.52. The van der Waals surface area contributed by atoms with Crippen molar-refractivity contribution in [1.29, 1.82) is 0 Å². The molecule has 0 radical (unpaired) electrons. The van der Waals surface area contributed by atoms with Crippen molar-refractivity contribution in [2.75, 3.05) is 33.5 Å². The molecule has 2 aromatic carbocycles. The van der Waals surface area contributed by atoms with Crippen LogP contribution in [-0.4, -0.2) is 45.4 Å². The number of fused-ring (bicyclic) bond motifs is 1. The van der Waals surface area contributed by atoms with E-state index in [2.05, 4.69) is 20.9 Å². The van der Waals surface area contributed by atoms with Crippen LogP contribution in [0.5, 0.6) is 17.2 Å². The van der Waals surface area contributed by atoms with Gasteiger partial charge in [0.15, 0.2) is 17.5 Å². The minimum Gasteiger partial charge on any atom is -0.497 e. The highest BCUT2D eigenvalue weighted by molar-refractivity contribution is 5.94. The van der Waals surface area contributed by atoms with Crippen LogP contribution in [0.25, 0.3) is 0 Å². The molecule has 1 amide bonds. The number of hydrogen-bond acceptors (Lipinski definition) is 5. The fourth-order valence-corrected chi connectivity index (χ4v) is 2.77. The molecule has 29 heavy (non-hydrogen) atoms. The quantitative estimate of drug-likeness (QED) is 0.357. The van der Waals surface area contributed by atoms with Crippen LogP contribution in [0.15, 0.2) is 47.5 Å². The van der Waals surface area contributed by atoms with Gasteiger partial charge in [0, 0.05) is 25.2 Å². The van der Waals surface area contributed by atoms with Gasteiger partial charge < -0.3 is 30.2 Å². The monoisotopic (exact) mass is 398 g/mol. The molecule has 1 heterocycles. The van der Waals surface area contributed by atoms with Crippen molar-refractivity contribution in [2.24, 2.45) is 4.99 Å². The summed E-state index contributed by atoms with van der Waals surface area (Å²) in [5, 5.41) is 9.29. The van der Waals surface area contributed by atoms with Gasteiger partial charge in [-0.05, 0) is 42.8 Å². The van der Waals surface area contributed by atoms with Gasteiger partial charge in [-0.25, -0.2) is 4.99 Å². The van der Waals surface area contributed by atoms with Gasteiger partial charge in [-0.1, -0.05) is 12.1 Å². The number of benzene rings is 2. The normalized spacial score (nSPS) is 12.4. The lowest BCUT2D eigenvalue weighted by molar-refractivity contribution is 0.0954. The average molecular weight is 398 g/mol. The van der Waals surface area contributed by atoms with Crippen LogP contribution < -0.4 is 30.2 Å². The molecule has 0 saturated heterocycles. The number of guanidine groups is 1. The predicted octanol–water partition coefficient (Wildman–Crippen LogP) is 1.91. The second-order valence-corrected chi connectivity index (χ2v) is 6.30. The molecule has 0 saturated carbocycles. The van der Waals surface area contributed by atoms with E-state index in [-0.39, 0.29) is 12.7 Å². The van der Waals surface area contributed by atoms with Gasteiger partial charge in [0.1, 0.15) is 5.75 Å². The molecular formula is C21H26N4O4. The Labute approximate surface area is 170 Å². The number of carbonyl (C=O) groups is 1. The Morgan fingerprint density at radius 1 is 1.07 bits per heavy atom. The lowest BCUT2D eigenvalue weighted by Gasteiger charge is -2.12. The zero-order chi connectivity index (χ0) is 20.5. The van der Waals surface area contributed by atoms with Crippen molar-refractivity contribution < 1.29 is 19.0 Å². The summed E-state index contributed by atoms with van der Waals surface area (Å²) in [7, 11) is 1.58. The molecule has 154 valence electrons. The van der Waals surface area contributed by atoms with E-state index < -0.39 is 0 Å². The number of rotatable bonds is 8. The van der Waals surface area contributed by atoms with Crippen molar-refractivity contribution in [1.82, 2.24) is 16.0 Å². The van der Waals surface area contributed by atoms with Gasteiger partial charge in [0.2, 0.25) is 6.79 Å². The second kappa shape index (κ2) is 10.2. The van der Waals surface area contributed by atoms with Crippen LogP contribution in [0.3, 0.4) is 0 Å². The number of amides is 1. The average Bonchev–Trinajstić information content (AvgIpc) is 3.22. The number of nitrogens with one attached hydrogen (secondary N) is 3. The molecule has 0 atom stereocenters. The Hall–Kier alpha value is -3.42. The molecule has 0 unspecified atom stereocenters. The van der Waals surface area contributed by atoms with E-state index >= 15 is 0 Å². The topological polar surface area (TPSA) is 93.2 Å². The summed E-state index contributed by atoms with van der Waals surface area (Å²) in [6, 6.07) is 12.8. The van der Waals surface area contributed by atoms with Crippen molar-refractivity contribution in [3.63, 3.8) is 0 Å². The van der Waals surface area contributed by atoms with E-state index in [0.29, 0.717) is 36.9 Å². The Morgan fingerprint density at radius 3 is 2.72 bits per heavy atom. The van der Waals surface area contributed by atoms with Crippen LogP contribution in [0.1, 0.15) is 22.8 Å². The number of nitrogens with zero attached hydrogens (tertiary/aromatic N) is 1. The number of methoxy groups -OCH3 is 1. The number of carbonyl (C=O) groups excluding carboxylic acids is 1. The summed E-state index contributed by atoms with van der Waals surface area (Å²) in [4.78, 5) is 16.8. The van der Waals surface area contributed by atoms with E-state index in [9.17, 15) is 4.79 Å². The molecule has 0 aliphatic carbocycles. The van der Waals surface area contributed by atoms with E-state index in [1.54, 1.807) is 31.4 Å².